The van der Waals surface area contributed by atoms with Crippen LogP contribution in [0.2, 0.25) is 0 Å². The lowest BCUT2D eigenvalue weighted by Gasteiger charge is -2.42. The van der Waals surface area contributed by atoms with Gasteiger partial charge in [0, 0.05) is 31.7 Å². The van der Waals surface area contributed by atoms with Crippen LogP contribution in [0.4, 0.5) is 10.5 Å². The summed E-state index contributed by atoms with van der Waals surface area (Å²) < 4.78 is 0. The van der Waals surface area contributed by atoms with E-state index in [1.165, 1.54) is 6.07 Å². The first-order valence-corrected chi connectivity index (χ1v) is 7.42. The van der Waals surface area contributed by atoms with Gasteiger partial charge in [-0.25, -0.2) is 9.59 Å². The van der Waals surface area contributed by atoms with Crippen LogP contribution < -0.4 is 5.32 Å². The second kappa shape index (κ2) is 7.66. The summed E-state index contributed by atoms with van der Waals surface area (Å²) >= 11 is 0. The number of halogens is 1. The summed E-state index contributed by atoms with van der Waals surface area (Å²) in [5, 5.41) is 11.8. The van der Waals surface area contributed by atoms with Gasteiger partial charge in [0.1, 0.15) is 0 Å². The van der Waals surface area contributed by atoms with E-state index in [-0.39, 0.29) is 29.5 Å². The van der Waals surface area contributed by atoms with E-state index in [1.807, 2.05) is 0 Å². The highest BCUT2D eigenvalue weighted by molar-refractivity contribution is 5.99. The zero-order chi connectivity index (χ0) is 16.3. The third-order valence-corrected chi connectivity index (χ3v) is 3.91. The van der Waals surface area contributed by atoms with Crippen LogP contribution in [0.25, 0.3) is 0 Å². The number of rotatable bonds is 2. The molecule has 23 heavy (non-hydrogen) atoms. The van der Waals surface area contributed by atoms with Crippen molar-refractivity contribution in [2.45, 2.75) is 26.3 Å². The zero-order valence-electron chi connectivity index (χ0n) is 13.7. The van der Waals surface area contributed by atoms with Gasteiger partial charge in [-0.3, -0.25) is 4.90 Å². The van der Waals surface area contributed by atoms with Crippen molar-refractivity contribution in [2.75, 3.05) is 31.5 Å². The summed E-state index contributed by atoms with van der Waals surface area (Å²) in [6.45, 7) is 9.38. The van der Waals surface area contributed by atoms with Gasteiger partial charge in [0.15, 0.2) is 0 Å². The minimum Gasteiger partial charge on any atom is -0.478 e. The van der Waals surface area contributed by atoms with E-state index in [0.29, 0.717) is 18.8 Å². The monoisotopic (exact) mass is 341 g/mol. The Hall–Kier alpha value is -1.79. The molecule has 0 atom stereocenters. The first kappa shape index (κ1) is 19.3. The minimum atomic E-state index is -1.05. The van der Waals surface area contributed by atoms with Crippen molar-refractivity contribution in [1.82, 2.24) is 9.80 Å². The third-order valence-electron chi connectivity index (χ3n) is 3.91. The number of nitrogens with one attached hydrogen (secondary N) is 1. The average molecular weight is 342 g/mol. The number of anilines is 1. The molecule has 0 aromatic heterocycles. The van der Waals surface area contributed by atoms with Gasteiger partial charge in [-0.15, -0.1) is 12.4 Å². The van der Waals surface area contributed by atoms with Gasteiger partial charge in [0.05, 0.1) is 11.3 Å². The molecular weight excluding hydrogens is 318 g/mol. The second-order valence-corrected chi connectivity index (χ2v) is 6.43. The number of aromatic carboxylic acids is 1. The second-order valence-electron chi connectivity index (χ2n) is 6.43. The van der Waals surface area contributed by atoms with Crippen LogP contribution in [0.1, 0.15) is 31.1 Å². The molecule has 1 fully saturated rings. The molecule has 128 valence electrons. The van der Waals surface area contributed by atoms with Gasteiger partial charge < -0.3 is 15.3 Å². The SMILES string of the molecule is CC(C)(C)N1CCN(C(=O)Nc2ccccc2C(=O)O)CC1.Cl. The van der Waals surface area contributed by atoms with E-state index in [4.69, 9.17) is 5.11 Å². The Morgan fingerprint density at radius 3 is 2.17 bits per heavy atom. The van der Waals surface area contributed by atoms with Crippen molar-refractivity contribution in [3.63, 3.8) is 0 Å². The van der Waals surface area contributed by atoms with Crippen molar-refractivity contribution < 1.29 is 14.7 Å². The van der Waals surface area contributed by atoms with E-state index < -0.39 is 5.97 Å². The first-order chi connectivity index (χ1) is 10.3. The number of carbonyl (C=O) groups is 2. The van der Waals surface area contributed by atoms with Gasteiger partial charge >= 0.3 is 12.0 Å². The molecule has 0 unspecified atom stereocenters. The Bertz CT molecular complexity index is 564. The standard InChI is InChI=1S/C16H23N3O3.ClH/c1-16(2,3)19-10-8-18(9-11-19)15(22)17-13-7-5-4-6-12(13)14(20)21;/h4-7H,8-11H2,1-3H3,(H,17,22)(H,20,21);1H. The molecule has 1 saturated heterocycles. The van der Waals surface area contributed by atoms with Crippen molar-refractivity contribution in [2.24, 2.45) is 0 Å². The Morgan fingerprint density at radius 2 is 1.65 bits per heavy atom. The number of hydrogen-bond acceptors (Lipinski definition) is 3. The largest absolute Gasteiger partial charge is 0.478 e. The summed E-state index contributed by atoms with van der Waals surface area (Å²) in [6.07, 6.45) is 0. The summed E-state index contributed by atoms with van der Waals surface area (Å²) in [4.78, 5) is 27.5. The molecule has 1 aromatic rings. The van der Waals surface area contributed by atoms with Crippen LogP contribution in [-0.4, -0.2) is 58.6 Å². The number of amides is 2. The van der Waals surface area contributed by atoms with E-state index in [0.717, 1.165) is 13.1 Å². The molecule has 0 saturated carbocycles. The summed E-state index contributed by atoms with van der Waals surface area (Å²) in [5.74, 6) is -1.05. The van der Waals surface area contributed by atoms with E-state index >= 15 is 0 Å². The molecule has 1 aliphatic rings. The van der Waals surface area contributed by atoms with Crippen LogP contribution in [0.5, 0.6) is 0 Å². The van der Waals surface area contributed by atoms with Gasteiger partial charge in [-0.05, 0) is 32.9 Å². The van der Waals surface area contributed by atoms with Crippen molar-refractivity contribution in [1.29, 1.82) is 0 Å². The van der Waals surface area contributed by atoms with Crippen molar-refractivity contribution >= 4 is 30.1 Å². The number of para-hydroxylation sites is 1. The maximum Gasteiger partial charge on any atom is 0.337 e. The molecular formula is C16H24ClN3O3. The van der Waals surface area contributed by atoms with Gasteiger partial charge in [0.25, 0.3) is 0 Å². The summed E-state index contributed by atoms with van der Waals surface area (Å²) in [5.41, 5.74) is 0.529. The fourth-order valence-electron chi connectivity index (χ4n) is 2.55. The molecule has 0 radical (unpaired) electrons. The number of urea groups is 1. The van der Waals surface area contributed by atoms with E-state index in [1.54, 1.807) is 23.1 Å². The molecule has 2 rings (SSSR count). The number of piperazine rings is 1. The van der Waals surface area contributed by atoms with Crippen LogP contribution >= 0.6 is 12.4 Å². The predicted molar refractivity (Wildman–Crippen MR) is 92.6 cm³/mol. The predicted octanol–water partition coefficient (Wildman–Crippen LogP) is 2.75. The van der Waals surface area contributed by atoms with Gasteiger partial charge in [-0.2, -0.15) is 0 Å². The quantitative estimate of drug-likeness (QED) is 0.867. The van der Waals surface area contributed by atoms with Crippen molar-refractivity contribution in [3.05, 3.63) is 29.8 Å². The van der Waals surface area contributed by atoms with E-state index in [2.05, 4.69) is 31.0 Å². The molecule has 1 heterocycles. The van der Waals surface area contributed by atoms with Crippen LogP contribution in [0, 0.1) is 0 Å². The normalized spacial score (nSPS) is 15.7. The van der Waals surface area contributed by atoms with E-state index in [9.17, 15) is 9.59 Å². The topological polar surface area (TPSA) is 72.9 Å². The zero-order valence-corrected chi connectivity index (χ0v) is 14.5. The number of benzene rings is 1. The van der Waals surface area contributed by atoms with Crippen LogP contribution in [0.3, 0.4) is 0 Å². The minimum absolute atomic E-state index is 0. The Kier molecular flexibility index (Phi) is 6.41. The van der Waals surface area contributed by atoms with Gasteiger partial charge in [0.2, 0.25) is 0 Å². The highest BCUT2D eigenvalue weighted by Gasteiger charge is 2.28. The number of carboxylic acid groups (broad SMARTS) is 1. The maximum atomic E-state index is 12.3. The Morgan fingerprint density at radius 1 is 1.09 bits per heavy atom. The Labute approximate surface area is 142 Å². The molecule has 6 nitrogen and oxygen atoms in total. The summed E-state index contributed by atoms with van der Waals surface area (Å²) in [6, 6.07) is 6.19. The number of nitrogens with zero attached hydrogens (tertiary/aromatic N) is 2. The molecule has 1 aliphatic heterocycles. The number of carboxylic acids is 1. The molecule has 0 spiro atoms. The highest BCUT2D eigenvalue weighted by atomic mass is 35.5. The third kappa shape index (κ3) is 4.84. The van der Waals surface area contributed by atoms with Crippen molar-refractivity contribution in [3.8, 4) is 0 Å². The lowest BCUT2D eigenvalue weighted by Crippen LogP contribution is -2.55. The molecule has 2 amide bonds. The molecule has 7 heteroatoms. The fourth-order valence-corrected chi connectivity index (χ4v) is 2.55. The maximum absolute atomic E-state index is 12.3. The van der Waals surface area contributed by atoms with Crippen LogP contribution in [0.15, 0.2) is 24.3 Å². The fraction of sp³-hybridized carbons (Fsp3) is 0.500. The van der Waals surface area contributed by atoms with Gasteiger partial charge in [-0.1, -0.05) is 12.1 Å². The lowest BCUT2D eigenvalue weighted by atomic mass is 10.1. The smallest absolute Gasteiger partial charge is 0.337 e. The lowest BCUT2D eigenvalue weighted by molar-refractivity contribution is 0.0697. The Balaban J connectivity index is 0.00000264. The molecule has 0 bridgehead atoms. The first-order valence-electron chi connectivity index (χ1n) is 7.42. The average Bonchev–Trinajstić information content (AvgIpc) is 2.46. The molecule has 2 N–H and O–H groups in total. The molecule has 0 aliphatic carbocycles. The highest BCUT2D eigenvalue weighted by Crippen LogP contribution is 2.18. The summed E-state index contributed by atoms with van der Waals surface area (Å²) in [7, 11) is 0. The number of carbonyl (C=O) groups excluding carboxylic acids is 1. The molecule has 1 aromatic carbocycles. The van der Waals surface area contributed by atoms with Crippen LogP contribution in [-0.2, 0) is 0 Å². The number of hydrogen-bond donors (Lipinski definition) is 2.